The van der Waals surface area contributed by atoms with Crippen molar-refractivity contribution in [2.45, 2.75) is 46.5 Å². The summed E-state index contributed by atoms with van der Waals surface area (Å²) in [5.41, 5.74) is 5.32. The molecule has 1 unspecified atom stereocenters. The van der Waals surface area contributed by atoms with E-state index >= 15 is 0 Å². The van der Waals surface area contributed by atoms with Crippen molar-refractivity contribution in [2.75, 3.05) is 18.0 Å². The molecule has 142 valence electrons. The molecule has 3 aromatic rings. The monoisotopic (exact) mass is 382 g/mol. The molecule has 1 aromatic carbocycles. The lowest BCUT2D eigenvalue weighted by molar-refractivity contribution is 0.441. The summed E-state index contributed by atoms with van der Waals surface area (Å²) in [4.78, 5) is 7.40. The molecule has 1 atom stereocenters. The summed E-state index contributed by atoms with van der Waals surface area (Å²) in [5.74, 6) is 2.32. The number of fused-ring (bicyclic) bond motifs is 1. The molecule has 1 fully saturated rings. The van der Waals surface area contributed by atoms with E-state index < -0.39 is 0 Å². The number of hydrogen-bond donors (Lipinski definition) is 0. The Morgan fingerprint density at radius 1 is 1.19 bits per heavy atom. The maximum Gasteiger partial charge on any atom is 0.158 e. The molecule has 0 amide bonds. The van der Waals surface area contributed by atoms with E-state index in [1.54, 1.807) is 0 Å². The van der Waals surface area contributed by atoms with Gasteiger partial charge in [-0.25, -0.2) is 4.98 Å². The van der Waals surface area contributed by atoms with Crippen LogP contribution in [-0.4, -0.2) is 27.7 Å². The minimum Gasteiger partial charge on any atom is -0.356 e. The van der Waals surface area contributed by atoms with Crippen LogP contribution in [0.5, 0.6) is 0 Å². The molecular formula is C22H27ClN4. The van der Waals surface area contributed by atoms with Gasteiger partial charge in [0.15, 0.2) is 5.65 Å². The predicted octanol–water partition coefficient (Wildman–Crippen LogP) is 5.72. The standard InChI is InChI=1S/C22H27ClN4/c1-14(2)21-16(4)24-20-12-19(17-7-9-18(23)10-8-17)25-27(20)22(21)26-11-5-6-15(3)13-26/h7-10,12,14-15H,5-6,11,13H2,1-4H3. The summed E-state index contributed by atoms with van der Waals surface area (Å²) in [6.07, 6.45) is 2.53. The first-order valence-corrected chi connectivity index (χ1v) is 10.2. The van der Waals surface area contributed by atoms with Gasteiger partial charge in [-0.2, -0.15) is 9.61 Å². The molecule has 0 spiro atoms. The highest BCUT2D eigenvalue weighted by Crippen LogP contribution is 2.34. The molecule has 0 bridgehead atoms. The zero-order chi connectivity index (χ0) is 19.1. The van der Waals surface area contributed by atoms with Gasteiger partial charge in [-0.3, -0.25) is 0 Å². The number of hydrogen-bond acceptors (Lipinski definition) is 3. The second-order valence-electron chi connectivity index (χ2n) is 8.09. The van der Waals surface area contributed by atoms with Gasteiger partial charge in [0.1, 0.15) is 5.82 Å². The van der Waals surface area contributed by atoms with Gasteiger partial charge in [-0.1, -0.05) is 44.5 Å². The van der Waals surface area contributed by atoms with Crippen LogP contribution < -0.4 is 4.90 Å². The van der Waals surface area contributed by atoms with E-state index in [1.807, 2.05) is 24.3 Å². The molecule has 27 heavy (non-hydrogen) atoms. The summed E-state index contributed by atoms with van der Waals surface area (Å²) in [6.45, 7) is 11.1. The second kappa shape index (κ2) is 7.16. The van der Waals surface area contributed by atoms with Gasteiger partial charge < -0.3 is 4.90 Å². The molecule has 5 heteroatoms. The molecular weight excluding hydrogens is 356 g/mol. The Labute approximate surface area is 166 Å². The van der Waals surface area contributed by atoms with Gasteiger partial charge in [0.25, 0.3) is 0 Å². The van der Waals surface area contributed by atoms with Crippen LogP contribution in [0.3, 0.4) is 0 Å². The van der Waals surface area contributed by atoms with E-state index in [0.29, 0.717) is 11.8 Å². The molecule has 1 aliphatic heterocycles. The fourth-order valence-corrected chi connectivity index (χ4v) is 4.36. The number of halogens is 1. The van der Waals surface area contributed by atoms with Crippen LogP contribution in [-0.2, 0) is 0 Å². The number of benzene rings is 1. The fraction of sp³-hybridized carbons (Fsp3) is 0.455. The molecule has 0 aliphatic carbocycles. The maximum atomic E-state index is 6.05. The Kier molecular flexibility index (Phi) is 4.85. The first-order chi connectivity index (χ1) is 12.9. The quantitative estimate of drug-likeness (QED) is 0.581. The summed E-state index contributed by atoms with van der Waals surface area (Å²) >= 11 is 6.05. The van der Waals surface area contributed by atoms with E-state index in [2.05, 4.69) is 43.2 Å². The zero-order valence-corrected chi connectivity index (χ0v) is 17.3. The first-order valence-electron chi connectivity index (χ1n) is 9.85. The van der Waals surface area contributed by atoms with Gasteiger partial charge in [-0.05, 0) is 43.7 Å². The van der Waals surface area contributed by atoms with Crippen LogP contribution in [0.1, 0.15) is 50.8 Å². The Bertz CT molecular complexity index is 959. The van der Waals surface area contributed by atoms with Crippen molar-refractivity contribution < 1.29 is 0 Å². The van der Waals surface area contributed by atoms with Crippen molar-refractivity contribution in [3.63, 3.8) is 0 Å². The molecule has 3 heterocycles. The van der Waals surface area contributed by atoms with Crippen molar-refractivity contribution in [1.29, 1.82) is 0 Å². The smallest absolute Gasteiger partial charge is 0.158 e. The minimum absolute atomic E-state index is 0.400. The molecule has 1 aliphatic rings. The lowest BCUT2D eigenvalue weighted by atomic mass is 9.97. The van der Waals surface area contributed by atoms with Gasteiger partial charge in [-0.15, -0.1) is 0 Å². The Hall–Kier alpha value is -2.07. The zero-order valence-electron chi connectivity index (χ0n) is 16.5. The van der Waals surface area contributed by atoms with E-state index in [9.17, 15) is 0 Å². The average molecular weight is 383 g/mol. The molecule has 4 rings (SSSR count). The number of anilines is 1. The first kappa shape index (κ1) is 18.3. The maximum absolute atomic E-state index is 6.05. The lowest BCUT2D eigenvalue weighted by Gasteiger charge is -2.35. The number of aryl methyl sites for hydroxylation is 1. The number of nitrogens with zero attached hydrogens (tertiary/aromatic N) is 4. The van der Waals surface area contributed by atoms with Crippen molar-refractivity contribution in [1.82, 2.24) is 14.6 Å². The van der Waals surface area contributed by atoms with Crippen molar-refractivity contribution >= 4 is 23.1 Å². The number of aromatic nitrogens is 3. The molecule has 1 saturated heterocycles. The normalized spacial score (nSPS) is 17.9. The number of piperidine rings is 1. The van der Waals surface area contributed by atoms with E-state index in [0.717, 1.165) is 40.7 Å². The van der Waals surface area contributed by atoms with Crippen molar-refractivity contribution in [3.8, 4) is 11.3 Å². The van der Waals surface area contributed by atoms with Crippen LogP contribution >= 0.6 is 11.6 Å². The van der Waals surface area contributed by atoms with Crippen LogP contribution in [0, 0.1) is 12.8 Å². The van der Waals surface area contributed by atoms with Crippen LogP contribution in [0.15, 0.2) is 30.3 Å². The van der Waals surface area contributed by atoms with Gasteiger partial charge in [0.2, 0.25) is 0 Å². The topological polar surface area (TPSA) is 33.4 Å². The highest BCUT2D eigenvalue weighted by Gasteiger charge is 2.25. The van der Waals surface area contributed by atoms with Crippen molar-refractivity contribution in [3.05, 3.63) is 46.6 Å². The Morgan fingerprint density at radius 2 is 1.93 bits per heavy atom. The summed E-state index contributed by atoms with van der Waals surface area (Å²) < 4.78 is 2.06. The van der Waals surface area contributed by atoms with Crippen LogP contribution in [0.25, 0.3) is 16.9 Å². The Morgan fingerprint density at radius 3 is 2.59 bits per heavy atom. The molecule has 0 saturated carbocycles. The number of rotatable bonds is 3. The van der Waals surface area contributed by atoms with Gasteiger partial charge in [0.05, 0.1) is 5.69 Å². The molecule has 0 radical (unpaired) electrons. The minimum atomic E-state index is 0.400. The Balaban J connectivity index is 1.91. The molecule has 4 nitrogen and oxygen atoms in total. The molecule has 2 aromatic heterocycles. The van der Waals surface area contributed by atoms with E-state index in [4.69, 9.17) is 21.7 Å². The second-order valence-corrected chi connectivity index (χ2v) is 8.53. The third-order valence-electron chi connectivity index (χ3n) is 5.48. The van der Waals surface area contributed by atoms with E-state index in [-0.39, 0.29) is 0 Å². The predicted molar refractivity (Wildman–Crippen MR) is 113 cm³/mol. The largest absolute Gasteiger partial charge is 0.356 e. The van der Waals surface area contributed by atoms with E-state index in [1.165, 1.54) is 24.2 Å². The highest BCUT2D eigenvalue weighted by molar-refractivity contribution is 6.30. The van der Waals surface area contributed by atoms with Crippen molar-refractivity contribution in [2.24, 2.45) is 5.92 Å². The lowest BCUT2D eigenvalue weighted by Crippen LogP contribution is -2.36. The SMILES string of the molecule is Cc1nc2cc(-c3ccc(Cl)cc3)nn2c(N2CCCC(C)C2)c1C(C)C. The van der Waals surface area contributed by atoms with Gasteiger partial charge >= 0.3 is 0 Å². The third kappa shape index (κ3) is 3.43. The van der Waals surface area contributed by atoms with Crippen LogP contribution in [0.2, 0.25) is 5.02 Å². The fourth-order valence-electron chi connectivity index (χ4n) is 4.24. The summed E-state index contributed by atoms with van der Waals surface area (Å²) in [6, 6.07) is 9.93. The average Bonchev–Trinajstić information content (AvgIpc) is 3.04. The highest BCUT2D eigenvalue weighted by atomic mass is 35.5. The third-order valence-corrected chi connectivity index (χ3v) is 5.73. The summed E-state index contributed by atoms with van der Waals surface area (Å²) in [5, 5.41) is 5.70. The van der Waals surface area contributed by atoms with Crippen LogP contribution in [0.4, 0.5) is 5.82 Å². The van der Waals surface area contributed by atoms with Gasteiger partial charge in [0, 0.05) is 41.0 Å². The summed E-state index contributed by atoms with van der Waals surface area (Å²) in [7, 11) is 0. The molecule has 0 N–H and O–H groups in total.